The van der Waals surface area contributed by atoms with Crippen molar-refractivity contribution in [3.8, 4) is 0 Å². The molecule has 0 aliphatic rings. The van der Waals surface area contributed by atoms with E-state index in [1.54, 1.807) is 0 Å². The Morgan fingerprint density at radius 1 is 0.667 bits per heavy atom. The second-order valence-electron chi connectivity index (χ2n) is 5.90. The van der Waals surface area contributed by atoms with Gasteiger partial charge in [-0.1, -0.05) is 52.4 Å². The van der Waals surface area contributed by atoms with Gasteiger partial charge < -0.3 is 36.9 Å². The van der Waals surface area contributed by atoms with Gasteiger partial charge in [0, 0.05) is 0 Å². The molecule has 0 fully saturated rings. The van der Waals surface area contributed by atoms with Crippen molar-refractivity contribution in [3.05, 3.63) is 35.4 Å². The normalized spacial score (nSPS) is 10.1. The van der Waals surface area contributed by atoms with Gasteiger partial charge in [0.05, 0.1) is 0 Å². The second-order valence-corrected chi connectivity index (χ2v) is 5.90. The maximum Gasteiger partial charge on any atom is 2.00 e. The van der Waals surface area contributed by atoms with Crippen LogP contribution in [0.15, 0.2) is 12.1 Å². The van der Waals surface area contributed by atoms with Gasteiger partial charge in [0.15, 0.2) is 0 Å². The fourth-order valence-corrected chi connectivity index (χ4v) is 1.25. The molecular weight excluding hydrogens is 288 g/mol. The summed E-state index contributed by atoms with van der Waals surface area (Å²) in [4.78, 5) is 0. The average Bonchev–Trinajstić information content (AvgIpc) is 2.01. The molecule has 0 saturated heterocycles. The molecule has 1 rings (SSSR count). The summed E-state index contributed by atoms with van der Waals surface area (Å²) in [7, 11) is 0. The smallest absolute Gasteiger partial charge is 1.00 e. The number of benzene rings is 1. The molecule has 0 heterocycles. The molecule has 94 valence electrons. The zero-order valence-corrected chi connectivity index (χ0v) is 16.7. The first kappa shape index (κ1) is 27.6. The Kier molecular flexibility index (Phi) is 15.5. The van der Waals surface area contributed by atoms with Gasteiger partial charge in [0.2, 0.25) is 0 Å². The van der Waals surface area contributed by atoms with E-state index in [2.05, 4.69) is 65.8 Å². The summed E-state index contributed by atoms with van der Waals surface area (Å²) >= 11 is 0. The molecule has 4 heteroatoms. The van der Waals surface area contributed by atoms with Crippen molar-refractivity contribution in [3.63, 3.8) is 0 Å². The molecule has 0 nitrogen and oxygen atoms in total. The monoisotopic (exact) mass is 306 g/mol. The van der Waals surface area contributed by atoms with Gasteiger partial charge in [-0.3, -0.25) is 23.3 Å². The fraction of sp³-hybridized carbons (Fsp3) is 0.571. The number of rotatable bonds is 0. The van der Waals surface area contributed by atoms with E-state index < -0.39 is 0 Å². The molecule has 1 aromatic rings. The van der Waals surface area contributed by atoms with Gasteiger partial charge in [0.25, 0.3) is 0 Å². The van der Waals surface area contributed by atoms with Crippen LogP contribution in [0.1, 0.15) is 52.7 Å². The number of halogens is 2. The average molecular weight is 308 g/mol. The Labute approximate surface area is 157 Å². The van der Waals surface area contributed by atoms with E-state index in [1.165, 1.54) is 11.1 Å². The Balaban J connectivity index is -0.000000245. The molecule has 0 amide bonds. The third-order valence-electron chi connectivity index (χ3n) is 2.36. The van der Waals surface area contributed by atoms with Gasteiger partial charge in [-0.2, -0.15) is 0 Å². The van der Waals surface area contributed by atoms with Crippen LogP contribution < -0.4 is 24.8 Å². The van der Waals surface area contributed by atoms with Gasteiger partial charge in [-0.05, 0) is 0 Å². The Hall–Kier alpha value is 1.33. The van der Waals surface area contributed by atoms with E-state index >= 15 is 0 Å². The van der Waals surface area contributed by atoms with Crippen molar-refractivity contribution in [2.75, 3.05) is 0 Å². The molecule has 0 aromatic heterocycles. The molecule has 0 aliphatic heterocycles. The second kappa shape index (κ2) is 10.1. The van der Waals surface area contributed by atoms with Crippen LogP contribution in [0.25, 0.3) is 0 Å². The summed E-state index contributed by atoms with van der Waals surface area (Å²) in [6.07, 6.45) is 0. The molecule has 0 spiro atoms. The standard InChI is InChI=1S/C14H20.2ClH.2Mg/c1-13(2,3)11-7-9-12(10-8-11)14(4,5)6;;;;/h7,10H,1-6H3;2*1H;;/q-2;;;2*+2/p-2. The van der Waals surface area contributed by atoms with Crippen molar-refractivity contribution in [1.29, 1.82) is 0 Å². The summed E-state index contributed by atoms with van der Waals surface area (Å²) in [5.41, 5.74) is 2.80. The first-order valence-corrected chi connectivity index (χ1v) is 5.15. The van der Waals surface area contributed by atoms with Crippen molar-refractivity contribution in [2.45, 2.75) is 52.4 Å². The van der Waals surface area contributed by atoms with Gasteiger partial charge >= 0.3 is 46.1 Å². The summed E-state index contributed by atoms with van der Waals surface area (Å²) in [6, 6.07) is 10.8. The third kappa shape index (κ3) is 8.49. The third-order valence-corrected chi connectivity index (χ3v) is 2.36. The van der Waals surface area contributed by atoms with Crippen molar-refractivity contribution >= 4 is 46.1 Å². The van der Waals surface area contributed by atoms with Crippen LogP contribution in [0, 0.1) is 12.1 Å². The molecule has 0 bridgehead atoms. The van der Waals surface area contributed by atoms with Crippen LogP contribution in [0.5, 0.6) is 0 Å². The Morgan fingerprint density at radius 2 is 0.889 bits per heavy atom. The maximum atomic E-state index is 3.35. The minimum Gasteiger partial charge on any atom is -1.00 e. The fourth-order valence-electron chi connectivity index (χ4n) is 1.25. The van der Waals surface area contributed by atoms with E-state index in [0.29, 0.717) is 0 Å². The summed E-state index contributed by atoms with van der Waals surface area (Å²) in [5, 5.41) is 0. The molecular formula is C14H20Cl2Mg2. The molecule has 0 unspecified atom stereocenters. The maximum absolute atomic E-state index is 3.35. The van der Waals surface area contributed by atoms with Crippen LogP contribution in [-0.4, -0.2) is 46.1 Å². The van der Waals surface area contributed by atoms with Crippen LogP contribution in [0.3, 0.4) is 0 Å². The zero-order chi connectivity index (χ0) is 11.0. The van der Waals surface area contributed by atoms with E-state index in [9.17, 15) is 0 Å². The molecule has 0 atom stereocenters. The van der Waals surface area contributed by atoms with Crippen molar-refractivity contribution < 1.29 is 24.8 Å². The first-order chi connectivity index (χ1) is 6.21. The molecule has 0 aliphatic carbocycles. The summed E-state index contributed by atoms with van der Waals surface area (Å²) in [6.45, 7) is 13.2. The van der Waals surface area contributed by atoms with Crippen molar-refractivity contribution in [2.24, 2.45) is 0 Å². The SMILES string of the molecule is CC(C)(C)c1[c-]cc(C(C)(C)C)[c-]c1.[Cl-].[Cl-].[Mg+2].[Mg+2]. The van der Waals surface area contributed by atoms with E-state index in [4.69, 9.17) is 0 Å². The number of hydrogen-bond donors (Lipinski definition) is 0. The summed E-state index contributed by atoms with van der Waals surface area (Å²) < 4.78 is 0. The predicted octanol–water partition coefficient (Wildman–Crippen LogP) is -2.87. The van der Waals surface area contributed by atoms with Crippen LogP contribution in [0.4, 0.5) is 0 Å². The summed E-state index contributed by atoms with van der Waals surface area (Å²) in [5.74, 6) is 0. The van der Waals surface area contributed by atoms with Gasteiger partial charge in [-0.25, -0.2) is 0 Å². The zero-order valence-electron chi connectivity index (χ0n) is 12.3. The topological polar surface area (TPSA) is 0 Å². The number of hydrogen-bond acceptors (Lipinski definition) is 0. The van der Waals surface area contributed by atoms with E-state index in [0.717, 1.165) is 0 Å². The molecule has 0 saturated carbocycles. The predicted molar refractivity (Wildman–Crippen MR) is 73.0 cm³/mol. The van der Waals surface area contributed by atoms with Crippen molar-refractivity contribution in [1.82, 2.24) is 0 Å². The minimum atomic E-state index is 0. The van der Waals surface area contributed by atoms with E-state index in [-0.39, 0.29) is 81.7 Å². The van der Waals surface area contributed by atoms with Crippen LogP contribution in [-0.2, 0) is 10.8 Å². The van der Waals surface area contributed by atoms with E-state index in [1.807, 2.05) is 0 Å². The molecule has 0 N–H and O–H groups in total. The van der Waals surface area contributed by atoms with Gasteiger partial charge in [-0.15, -0.1) is 0 Å². The van der Waals surface area contributed by atoms with Gasteiger partial charge in [0.1, 0.15) is 0 Å². The molecule has 1 aromatic carbocycles. The molecule has 0 radical (unpaired) electrons. The largest absolute Gasteiger partial charge is 2.00 e. The first-order valence-electron chi connectivity index (χ1n) is 5.15. The quantitative estimate of drug-likeness (QED) is 0.357. The minimum absolute atomic E-state index is 0. The Bertz CT molecular complexity index is 275. The Morgan fingerprint density at radius 3 is 1.00 bits per heavy atom. The van der Waals surface area contributed by atoms with Crippen LogP contribution in [0.2, 0.25) is 0 Å². The molecule has 18 heavy (non-hydrogen) atoms. The van der Waals surface area contributed by atoms with Crippen LogP contribution >= 0.6 is 0 Å².